The number of hydrogen-bond donors (Lipinski definition) is 3. The fourth-order valence-corrected chi connectivity index (χ4v) is 2.26. The fourth-order valence-electron chi connectivity index (χ4n) is 1.99. The number of carbonyl (C=O) groups is 2. The van der Waals surface area contributed by atoms with Gasteiger partial charge in [0.15, 0.2) is 0 Å². The minimum atomic E-state index is -0.578. The summed E-state index contributed by atoms with van der Waals surface area (Å²) in [6.45, 7) is 4.82. The zero-order chi connectivity index (χ0) is 17.4. The lowest BCUT2D eigenvalue weighted by Crippen LogP contribution is -2.36. The van der Waals surface area contributed by atoms with Crippen LogP contribution in [-0.2, 0) is 9.53 Å². The first kappa shape index (κ1) is 19.4. The lowest BCUT2D eigenvalue weighted by Gasteiger charge is -2.15. The molecule has 0 heterocycles. The van der Waals surface area contributed by atoms with Gasteiger partial charge in [-0.05, 0) is 30.5 Å². The number of halogens is 1. The number of nitrogens with two attached hydrogens (primary N) is 1. The highest BCUT2D eigenvalue weighted by atomic mass is 35.5. The van der Waals surface area contributed by atoms with Gasteiger partial charge in [0.05, 0.1) is 23.2 Å². The van der Waals surface area contributed by atoms with Crippen LogP contribution in [-0.4, -0.2) is 38.1 Å². The summed E-state index contributed by atoms with van der Waals surface area (Å²) in [6.07, 6.45) is 0.597. The highest BCUT2D eigenvalue weighted by Gasteiger charge is 2.16. The molecule has 1 atom stereocenters. The Morgan fingerprint density at radius 2 is 2.04 bits per heavy atom. The first-order valence-electron chi connectivity index (χ1n) is 7.48. The SMILES string of the molecule is COCCNC(=O)c1ccc(NC(=O)[C@@H](N)CC(C)C)cc1Cl. The Hall–Kier alpha value is -1.63. The van der Waals surface area contributed by atoms with E-state index in [-0.39, 0.29) is 16.8 Å². The summed E-state index contributed by atoms with van der Waals surface area (Å²) in [6, 6.07) is 4.14. The first-order chi connectivity index (χ1) is 10.8. The largest absolute Gasteiger partial charge is 0.383 e. The average molecular weight is 342 g/mol. The van der Waals surface area contributed by atoms with Gasteiger partial charge in [0.2, 0.25) is 5.91 Å². The standard InChI is InChI=1S/C16H24ClN3O3/c1-10(2)8-14(18)16(22)20-11-4-5-12(13(17)9-11)15(21)19-6-7-23-3/h4-5,9-10,14H,6-8,18H2,1-3H3,(H,19,21)(H,20,22)/t14-/m0/s1. The minimum Gasteiger partial charge on any atom is -0.383 e. The van der Waals surface area contributed by atoms with Crippen LogP contribution < -0.4 is 16.4 Å². The molecule has 1 rings (SSSR count). The van der Waals surface area contributed by atoms with Gasteiger partial charge in [-0.15, -0.1) is 0 Å². The molecule has 1 aromatic rings. The van der Waals surface area contributed by atoms with Gasteiger partial charge in [-0.25, -0.2) is 0 Å². The number of carbonyl (C=O) groups excluding carboxylic acids is 2. The van der Waals surface area contributed by atoms with Gasteiger partial charge >= 0.3 is 0 Å². The van der Waals surface area contributed by atoms with E-state index >= 15 is 0 Å². The summed E-state index contributed by atoms with van der Waals surface area (Å²) in [7, 11) is 1.56. The van der Waals surface area contributed by atoms with Crippen LogP contribution in [0.4, 0.5) is 5.69 Å². The number of nitrogens with one attached hydrogen (secondary N) is 2. The Morgan fingerprint density at radius 1 is 1.35 bits per heavy atom. The predicted molar refractivity (Wildman–Crippen MR) is 91.7 cm³/mol. The molecular weight excluding hydrogens is 318 g/mol. The van der Waals surface area contributed by atoms with Crippen LogP contribution in [0.3, 0.4) is 0 Å². The molecule has 0 aliphatic heterocycles. The number of anilines is 1. The van der Waals surface area contributed by atoms with Crippen LogP contribution >= 0.6 is 11.6 Å². The fraction of sp³-hybridized carbons (Fsp3) is 0.500. The molecule has 0 aromatic heterocycles. The molecule has 0 fully saturated rings. The maximum absolute atomic E-state index is 12.0. The highest BCUT2D eigenvalue weighted by molar-refractivity contribution is 6.34. The van der Waals surface area contributed by atoms with E-state index in [1.807, 2.05) is 13.8 Å². The summed E-state index contributed by atoms with van der Waals surface area (Å²) in [5.41, 5.74) is 6.68. The smallest absolute Gasteiger partial charge is 0.252 e. The zero-order valence-corrected chi connectivity index (χ0v) is 14.4. The molecule has 0 aliphatic rings. The van der Waals surface area contributed by atoms with E-state index in [1.165, 1.54) is 6.07 Å². The van der Waals surface area contributed by atoms with Crippen molar-refractivity contribution < 1.29 is 14.3 Å². The van der Waals surface area contributed by atoms with E-state index in [0.29, 0.717) is 36.7 Å². The molecule has 2 amide bonds. The Bertz CT molecular complexity index is 549. The Labute approximate surface area is 141 Å². The summed E-state index contributed by atoms with van der Waals surface area (Å²) in [5, 5.41) is 5.65. The monoisotopic (exact) mass is 341 g/mol. The highest BCUT2D eigenvalue weighted by Crippen LogP contribution is 2.21. The summed E-state index contributed by atoms with van der Waals surface area (Å²) in [4.78, 5) is 23.9. The van der Waals surface area contributed by atoms with Crippen LogP contribution in [0, 0.1) is 5.92 Å². The molecule has 0 aliphatic carbocycles. The topological polar surface area (TPSA) is 93.5 Å². The maximum Gasteiger partial charge on any atom is 0.252 e. The van der Waals surface area contributed by atoms with E-state index < -0.39 is 6.04 Å². The van der Waals surface area contributed by atoms with Crippen LogP contribution in [0.25, 0.3) is 0 Å². The second kappa shape index (κ2) is 9.50. The first-order valence-corrected chi connectivity index (χ1v) is 7.86. The molecule has 0 unspecified atom stereocenters. The van der Waals surface area contributed by atoms with Crippen molar-refractivity contribution in [3.05, 3.63) is 28.8 Å². The van der Waals surface area contributed by atoms with E-state index in [1.54, 1.807) is 19.2 Å². The number of benzene rings is 1. The van der Waals surface area contributed by atoms with E-state index in [9.17, 15) is 9.59 Å². The van der Waals surface area contributed by atoms with Crippen molar-refractivity contribution in [1.29, 1.82) is 0 Å². The molecule has 7 heteroatoms. The second-order valence-corrected chi connectivity index (χ2v) is 6.08. The zero-order valence-electron chi connectivity index (χ0n) is 13.7. The van der Waals surface area contributed by atoms with Gasteiger partial charge in [-0.1, -0.05) is 25.4 Å². The molecule has 0 saturated heterocycles. The molecule has 1 aromatic carbocycles. The van der Waals surface area contributed by atoms with Crippen molar-refractivity contribution in [2.24, 2.45) is 11.7 Å². The molecule has 0 spiro atoms. The Morgan fingerprint density at radius 3 is 2.61 bits per heavy atom. The third-order valence-corrected chi connectivity index (χ3v) is 3.45. The third kappa shape index (κ3) is 6.56. The number of amides is 2. The molecule has 128 valence electrons. The normalized spacial score (nSPS) is 12.1. The van der Waals surface area contributed by atoms with E-state index in [2.05, 4.69) is 10.6 Å². The van der Waals surface area contributed by atoms with Crippen LogP contribution in [0.15, 0.2) is 18.2 Å². The van der Waals surface area contributed by atoms with Crippen LogP contribution in [0.1, 0.15) is 30.6 Å². The van der Waals surface area contributed by atoms with Gasteiger partial charge in [-0.3, -0.25) is 9.59 Å². The van der Waals surface area contributed by atoms with Crippen molar-refractivity contribution in [2.45, 2.75) is 26.3 Å². The van der Waals surface area contributed by atoms with Crippen molar-refractivity contribution in [3.8, 4) is 0 Å². The summed E-state index contributed by atoms with van der Waals surface area (Å²) < 4.78 is 4.86. The lowest BCUT2D eigenvalue weighted by atomic mass is 10.0. The molecule has 6 nitrogen and oxygen atoms in total. The molecule has 0 bridgehead atoms. The molecule has 0 radical (unpaired) electrons. The van der Waals surface area contributed by atoms with E-state index in [0.717, 1.165) is 0 Å². The third-order valence-electron chi connectivity index (χ3n) is 3.14. The second-order valence-electron chi connectivity index (χ2n) is 5.67. The quantitative estimate of drug-likeness (QED) is 0.631. The Balaban J connectivity index is 2.68. The van der Waals surface area contributed by atoms with Crippen molar-refractivity contribution in [3.63, 3.8) is 0 Å². The maximum atomic E-state index is 12.0. The molecule has 23 heavy (non-hydrogen) atoms. The lowest BCUT2D eigenvalue weighted by molar-refractivity contribution is -0.117. The van der Waals surface area contributed by atoms with Crippen LogP contribution in [0.5, 0.6) is 0 Å². The van der Waals surface area contributed by atoms with Gasteiger partial charge in [0.1, 0.15) is 0 Å². The number of ether oxygens (including phenoxy) is 1. The van der Waals surface area contributed by atoms with Gasteiger partial charge < -0.3 is 21.1 Å². The number of methoxy groups -OCH3 is 1. The van der Waals surface area contributed by atoms with Crippen molar-refractivity contribution >= 4 is 29.1 Å². The van der Waals surface area contributed by atoms with Crippen LogP contribution in [0.2, 0.25) is 5.02 Å². The molecular formula is C16H24ClN3O3. The minimum absolute atomic E-state index is 0.259. The van der Waals surface area contributed by atoms with Crippen molar-refractivity contribution in [1.82, 2.24) is 5.32 Å². The van der Waals surface area contributed by atoms with E-state index in [4.69, 9.17) is 22.1 Å². The van der Waals surface area contributed by atoms with Gasteiger partial charge in [-0.2, -0.15) is 0 Å². The number of hydrogen-bond acceptors (Lipinski definition) is 4. The molecule has 4 N–H and O–H groups in total. The predicted octanol–water partition coefficient (Wildman–Crippen LogP) is 2.03. The van der Waals surface area contributed by atoms with Gasteiger partial charge in [0.25, 0.3) is 5.91 Å². The summed E-state index contributed by atoms with van der Waals surface area (Å²) in [5.74, 6) is -0.231. The average Bonchev–Trinajstić information content (AvgIpc) is 2.46. The van der Waals surface area contributed by atoms with Crippen molar-refractivity contribution in [2.75, 3.05) is 25.6 Å². The Kier molecular flexibility index (Phi) is 8.02. The number of rotatable bonds is 8. The summed E-state index contributed by atoms with van der Waals surface area (Å²) >= 11 is 6.11. The molecule has 0 saturated carbocycles. The van der Waals surface area contributed by atoms with Gasteiger partial charge in [0, 0.05) is 19.3 Å².